The Balaban J connectivity index is 1.25. The van der Waals surface area contributed by atoms with E-state index >= 15 is 0 Å². The Morgan fingerprint density at radius 2 is 2.00 bits per heavy atom. The number of anilines is 1. The molecule has 0 bridgehead atoms. The van der Waals surface area contributed by atoms with Gasteiger partial charge in [-0.15, -0.1) is 0 Å². The first kappa shape index (κ1) is 20.4. The van der Waals surface area contributed by atoms with Crippen LogP contribution < -0.4 is 10.6 Å². The van der Waals surface area contributed by atoms with Gasteiger partial charge in [-0.25, -0.2) is 0 Å². The molecule has 2 fully saturated rings. The van der Waals surface area contributed by atoms with E-state index in [-0.39, 0.29) is 17.4 Å². The molecule has 2 saturated heterocycles. The fourth-order valence-corrected chi connectivity index (χ4v) is 5.12. The van der Waals surface area contributed by atoms with Crippen LogP contribution in [-0.2, 0) is 11.2 Å². The highest BCUT2D eigenvalue weighted by molar-refractivity contribution is 6.31. The monoisotopic (exact) mass is 443 g/mol. The number of halogens is 1. The molecule has 8 heteroatoms. The van der Waals surface area contributed by atoms with Gasteiger partial charge < -0.3 is 24.7 Å². The first-order chi connectivity index (χ1) is 14.9. The molecule has 2 amide bonds. The third-order valence-electron chi connectivity index (χ3n) is 6.53. The van der Waals surface area contributed by atoms with Gasteiger partial charge in [-0.05, 0) is 49.6 Å². The summed E-state index contributed by atoms with van der Waals surface area (Å²) >= 11 is 6.04. The predicted molar refractivity (Wildman–Crippen MR) is 116 cm³/mol. The van der Waals surface area contributed by atoms with Crippen molar-refractivity contribution in [3.8, 4) is 0 Å². The second kappa shape index (κ2) is 7.57. The number of ether oxygens (including phenoxy) is 1. The summed E-state index contributed by atoms with van der Waals surface area (Å²) in [6, 6.07) is 8.93. The van der Waals surface area contributed by atoms with Gasteiger partial charge in [0.25, 0.3) is 11.8 Å². The summed E-state index contributed by atoms with van der Waals surface area (Å²) in [4.78, 5) is 27.4. The average molecular weight is 444 g/mol. The van der Waals surface area contributed by atoms with Crippen LogP contribution in [0.3, 0.4) is 0 Å². The van der Waals surface area contributed by atoms with Crippen molar-refractivity contribution in [1.82, 2.24) is 10.2 Å². The van der Waals surface area contributed by atoms with Crippen molar-refractivity contribution < 1.29 is 18.7 Å². The number of aryl methyl sites for hydroxylation is 1. The van der Waals surface area contributed by atoms with E-state index in [1.54, 1.807) is 18.2 Å². The van der Waals surface area contributed by atoms with E-state index in [1.165, 1.54) is 0 Å². The molecule has 1 atom stereocenters. The number of carbonyl (C=O) groups excluding carboxylic acids is 2. The number of nitrogens with one attached hydrogen (secondary N) is 2. The van der Waals surface area contributed by atoms with Crippen LogP contribution in [0.4, 0.5) is 5.69 Å². The van der Waals surface area contributed by atoms with E-state index in [0.717, 1.165) is 24.3 Å². The molecule has 4 heterocycles. The van der Waals surface area contributed by atoms with E-state index in [2.05, 4.69) is 17.6 Å². The Morgan fingerprint density at radius 3 is 2.77 bits per heavy atom. The normalized spacial score (nSPS) is 24.2. The van der Waals surface area contributed by atoms with E-state index in [9.17, 15) is 9.59 Å². The lowest BCUT2D eigenvalue weighted by Crippen LogP contribution is -2.59. The van der Waals surface area contributed by atoms with Crippen LogP contribution in [0.25, 0.3) is 0 Å². The fourth-order valence-electron chi connectivity index (χ4n) is 4.94. The molecule has 1 aromatic heterocycles. The second-order valence-electron chi connectivity index (χ2n) is 8.81. The van der Waals surface area contributed by atoms with Crippen LogP contribution in [0.15, 0.2) is 34.7 Å². The molecular weight excluding hydrogens is 418 g/mol. The number of benzene rings is 1. The first-order valence-corrected chi connectivity index (χ1v) is 11.2. The zero-order valence-electron chi connectivity index (χ0n) is 17.5. The molecule has 2 N–H and O–H groups in total. The molecule has 0 saturated carbocycles. The minimum atomic E-state index is -0.639. The topological polar surface area (TPSA) is 83.8 Å². The number of nitrogens with zero attached hydrogens (tertiary/aromatic N) is 1. The van der Waals surface area contributed by atoms with Gasteiger partial charge in [0.05, 0.1) is 17.8 Å². The molecule has 5 rings (SSSR count). The van der Waals surface area contributed by atoms with Crippen LogP contribution in [0, 0.1) is 0 Å². The van der Waals surface area contributed by atoms with Crippen molar-refractivity contribution >= 4 is 29.1 Å². The maximum atomic E-state index is 12.8. The lowest BCUT2D eigenvalue weighted by atomic mass is 9.84. The molecule has 0 unspecified atom stereocenters. The van der Waals surface area contributed by atoms with Gasteiger partial charge in [0.2, 0.25) is 0 Å². The van der Waals surface area contributed by atoms with E-state index < -0.39 is 5.66 Å². The fraction of sp³-hybridized carbons (Fsp3) is 0.478. The molecule has 7 nitrogen and oxygen atoms in total. The molecule has 3 aliphatic heterocycles. The van der Waals surface area contributed by atoms with Crippen molar-refractivity contribution in [2.75, 3.05) is 25.0 Å². The summed E-state index contributed by atoms with van der Waals surface area (Å²) < 4.78 is 12.0. The van der Waals surface area contributed by atoms with Crippen LogP contribution in [0.5, 0.6) is 0 Å². The molecule has 3 aliphatic rings. The Morgan fingerprint density at radius 1 is 1.19 bits per heavy atom. The van der Waals surface area contributed by atoms with Crippen LogP contribution in [0.2, 0.25) is 5.02 Å². The minimum absolute atomic E-state index is 0.0696. The van der Waals surface area contributed by atoms with Gasteiger partial charge in [-0.2, -0.15) is 0 Å². The quantitative estimate of drug-likeness (QED) is 0.753. The molecular formula is C23H26ClN3O4. The molecule has 2 aromatic rings. The van der Waals surface area contributed by atoms with Crippen molar-refractivity contribution in [3.05, 3.63) is 52.4 Å². The van der Waals surface area contributed by atoms with Gasteiger partial charge in [0.1, 0.15) is 11.4 Å². The predicted octanol–water partition coefficient (Wildman–Crippen LogP) is 3.83. The standard InChI is InChI=1S/C23H26ClN3O4/c1-2-3-16-5-7-19(31-16)21(29)27-10-8-22(9-11-27)13-23(14-30-22)25-18-6-4-15(24)12-17(18)20(28)26-23/h4-7,12,25H,2-3,8-11,13-14H2,1H3,(H,26,28)/t23-/m0/s1. The molecule has 31 heavy (non-hydrogen) atoms. The third kappa shape index (κ3) is 3.70. The largest absolute Gasteiger partial charge is 0.456 e. The number of furan rings is 1. The highest BCUT2D eigenvalue weighted by atomic mass is 35.5. The number of hydrogen-bond acceptors (Lipinski definition) is 5. The number of carbonyl (C=O) groups is 2. The number of piperidine rings is 1. The van der Waals surface area contributed by atoms with Crippen LogP contribution in [-0.4, -0.2) is 47.7 Å². The molecule has 1 aromatic carbocycles. The summed E-state index contributed by atoms with van der Waals surface area (Å²) in [5, 5.41) is 7.09. The molecule has 2 spiro atoms. The third-order valence-corrected chi connectivity index (χ3v) is 6.77. The van der Waals surface area contributed by atoms with Gasteiger partial charge >= 0.3 is 0 Å². The minimum Gasteiger partial charge on any atom is -0.456 e. The summed E-state index contributed by atoms with van der Waals surface area (Å²) in [5.41, 5.74) is 0.306. The number of fused-ring (bicyclic) bond motifs is 1. The summed E-state index contributed by atoms with van der Waals surface area (Å²) in [6.45, 7) is 3.66. The first-order valence-electron chi connectivity index (χ1n) is 10.8. The summed E-state index contributed by atoms with van der Waals surface area (Å²) in [6.07, 6.45) is 3.90. The van der Waals surface area contributed by atoms with E-state index in [1.807, 2.05) is 17.0 Å². The Hall–Kier alpha value is -2.51. The Bertz CT molecular complexity index is 1030. The van der Waals surface area contributed by atoms with Gasteiger partial charge in [-0.3, -0.25) is 9.59 Å². The highest BCUT2D eigenvalue weighted by Crippen LogP contribution is 2.43. The van der Waals surface area contributed by atoms with Crippen LogP contribution >= 0.6 is 11.6 Å². The number of rotatable bonds is 3. The maximum absolute atomic E-state index is 12.8. The molecule has 164 valence electrons. The van der Waals surface area contributed by atoms with Crippen molar-refractivity contribution in [2.24, 2.45) is 0 Å². The Labute approximate surface area is 186 Å². The highest BCUT2D eigenvalue weighted by Gasteiger charge is 2.53. The number of amides is 2. The zero-order valence-corrected chi connectivity index (χ0v) is 18.3. The summed E-state index contributed by atoms with van der Waals surface area (Å²) in [7, 11) is 0. The van der Waals surface area contributed by atoms with Crippen LogP contribution in [0.1, 0.15) is 59.3 Å². The van der Waals surface area contributed by atoms with Crippen molar-refractivity contribution in [2.45, 2.75) is 50.3 Å². The SMILES string of the molecule is CCCc1ccc(C(=O)N2CCC3(CC2)C[C@@]2(CO3)NC(=O)c3cc(Cl)ccc3N2)o1. The number of likely N-dealkylation sites (tertiary alicyclic amines) is 1. The maximum Gasteiger partial charge on any atom is 0.289 e. The Kier molecular flexibility index (Phi) is 4.98. The second-order valence-corrected chi connectivity index (χ2v) is 9.24. The number of hydrogen-bond donors (Lipinski definition) is 2. The van der Waals surface area contributed by atoms with E-state index in [0.29, 0.717) is 55.3 Å². The molecule has 0 aliphatic carbocycles. The van der Waals surface area contributed by atoms with E-state index in [4.69, 9.17) is 20.8 Å². The molecule has 0 radical (unpaired) electrons. The lowest BCUT2D eigenvalue weighted by Gasteiger charge is -2.40. The van der Waals surface area contributed by atoms with Crippen molar-refractivity contribution in [3.63, 3.8) is 0 Å². The average Bonchev–Trinajstić information content (AvgIpc) is 3.35. The van der Waals surface area contributed by atoms with Crippen molar-refractivity contribution in [1.29, 1.82) is 0 Å². The smallest absolute Gasteiger partial charge is 0.289 e. The van der Waals surface area contributed by atoms with Gasteiger partial charge in [0, 0.05) is 36.6 Å². The zero-order chi connectivity index (χ0) is 21.6. The van der Waals surface area contributed by atoms with Gasteiger partial charge in [-0.1, -0.05) is 18.5 Å². The van der Waals surface area contributed by atoms with Gasteiger partial charge in [0.15, 0.2) is 5.76 Å². The summed E-state index contributed by atoms with van der Waals surface area (Å²) in [5.74, 6) is 1.03. The lowest BCUT2D eigenvalue weighted by molar-refractivity contribution is -0.0397.